The molecule has 5 saturated carbocycles. The molecule has 2 amide bonds. The maximum atomic E-state index is 13.4. The SMILES string of the molecule is CC(CCC(=O)N1CCN(C(=O)O)C(C)(C2CC2)C1)[C@H]1CC[C@H]2[C@@H]3CC[C@H]4C[C@@H](O)CC[C@]4(C)[C@H]3CC[C@]12C. The summed E-state index contributed by atoms with van der Waals surface area (Å²) in [6.07, 6.45) is 14.1. The largest absolute Gasteiger partial charge is 0.465 e. The fraction of sp³-hybridized carbons (Fsp3) is 0.939. The second-order valence-electron chi connectivity index (χ2n) is 15.7. The molecule has 2 unspecified atom stereocenters. The van der Waals surface area contributed by atoms with Crippen molar-refractivity contribution in [2.75, 3.05) is 19.6 Å². The second kappa shape index (κ2) is 9.91. The van der Waals surface area contributed by atoms with Gasteiger partial charge in [-0.1, -0.05) is 20.8 Å². The number of piperazine rings is 1. The van der Waals surface area contributed by atoms with Crippen LogP contribution in [0.5, 0.6) is 0 Å². The summed E-state index contributed by atoms with van der Waals surface area (Å²) in [7, 11) is 0. The number of amides is 2. The van der Waals surface area contributed by atoms with E-state index < -0.39 is 11.6 Å². The first-order valence-corrected chi connectivity index (χ1v) is 16.4. The van der Waals surface area contributed by atoms with Gasteiger partial charge in [-0.05, 0) is 136 Å². The van der Waals surface area contributed by atoms with Crippen LogP contribution < -0.4 is 0 Å². The molecule has 0 spiro atoms. The van der Waals surface area contributed by atoms with Crippen molar-refractivity contribution >= 4 is 12.0 Å². The van der Waals surface area contributed by atoms with Gasteiger partial charge in [0.2, 0.25) is 5.91 Å². The van der Waals surface area contributed by atoms with Gasteiger partial charge in [-0.3, -0.25) is 9.69 Å². The lowest BCUT2D eigenvalue weighted by Gasteiger charge is -2.61. The maximum absolute atomic E-state index is 13.4. The average Bonchev–Trinajstić information content (AvgIpc) is 3.69. The lowest BCUT2D eigenvalue weighted by Crippen LogP contribution is -2.64. The second-order valence-corrected chi connectivity index (χ2v) is 15.7. The quantitative estimate of drug-likeness (QED) is 0.420. The van der Waals surface area contributed by atoms with E-state index in [0.29, 0.717) is 60.6 Å². The third-order valence-corrected chi connectivity index (χ3v) is 14.0. The van der Waals surface area contributed by atoms with Crippen molar-refractivity contribution in [2.24, 2.45) is 52.3 Å². The Hall–Kier alpha value is -1.30. The van der Waals surface area contributed by atoms with E-state index in [1.165, 1.54) is 44.9 Å². The average molecular weight is 543 g/mol. The topological polar surface area (TPSA) is 81.1 Å². The molecule has 6 aliphatic rings. The number of carboxylic acid groups (broad SMARTS) is 1. The molecule has 0 aromatic rings. The summed E-state index contributed by atoms with van der Waals surface area (Å²) in [5, 5.41) is 20.1. The highest BCUT2D eigenvalue weighted by Crippen LogP contribution is 2.68. The van der Waals surface area contributed by atoms with Crippen LogP contribution in [0, 0.1) is 52.3 Å². The first-order chi connectivity index (χ1) is 18.5. The van der Waals surface area contributed by atoms with Crippen LogP contribution in [-0.4, -0.2) is 63.3 Å². The number of hydrogen-bond acceptors (Lipinski definition) is 3. The summed E-state index contributed by atoms with van der Waals surface area (Å²) >= 11 is 0. The minimum Gasteiger partial charge on any atom is -0.465 e. The summed E-state index contributed by atoms with van der Waals surface area (Å²) in [6.45, 7) is 11.2. The first-order valence-electron chi connectivity index (χ1n) is 16.4. The minimum absolute atomic E-state index is 0.0728. The Morgan fingerprint density at radius 2 is 1.56 bits per heavy atom. The molecule has 6 nitrogen and oxygen atoms in total. The minimum atomic E-state index is -0.840. The van der Waals surface area contributed by atoms with Crippen molar-refractivity contribution in [3.63, 3.8) is 0 Å². The molecular formula is C33H54N2O4. The summed E-state index contributed by atoms with van der Waals surface area (Å²) in [6, 6.07) is 0. The lowest BCUT2D eigenvalue weighted by molar-refractivity contribution is -0.137. The summed E-state index contributed by atoms with van der Waals surface area (Å²) in [4.78, 5) is 28.9. The lowest BCUT2D eigenvalue weighted by atomic mass is 9.44. The predicted octanol–water partition coefficient (Wildman–Crippen LogP) is 6.41. The molecule has 1 heterocycles. The van der Waals surface area contributed by atoms with Crippen LogP contribution in [-0.2, 0) is 4.79 Å². The molecule has 0 radical (unpaired) electrons. The third-order valence-electron chi connectivity index (χ3n) is 14.0. The van der Waals surface area contributed by atoms with Crippen LogP contribution in [0.4, 0.5) is 4.79 Å². The zero-order valence-electron chi connectivity index (χ0n) is 25.0. The summed E-state index contributed by atoms with van der Waals surface area (Å²) in [5.74, 6) is 5.10. The zero-order chi connectivity index (χ0) is 27.7. The van der Waals surface area contributed by atoms with Gasteiger partial charge in [-0.15, -0.1) is 0 Å². The molecule has 1 aliphatic heterocycles. The summed E-state index contributed by atoms with van der Waals surface area (Å²) in [5.41, 5.74) is 0.403. The van der Waals surface area contributed by atoms with Crippen molar-refractivity contribution in [3.8, 4) is 0 Å². The normalized spacial score (nSPS) is 46.7. The molecule has 10 atom stereocenters. The van der Waals surface area contributed by atoms with E-state index >= 15 is 0 Å². The third kappa shape index (κ3) is 4.54. The fourth-order valence-corrected chi connectivity index (χ4v) is 11.5. The van der Waals surface area contributed by atoms with E-state index in [1.807, 2.05) is 4.90 Å². The van der Waals surface area contributed by atoms with Gasteiger partial charge in [0.05, 0.1) is 11.6 Å². The van der Waals surface area contributed by atoms with Crippen LogP contribution in [0.15, 0.2) is 0 Å². The van der Waals surface area contributed by atoms with Gasteiger partial charge in [-0.2, -0.15) is 0 Å². The van der Waals surface area contributed by atoms with E-state index in [2.05, 4.69) is 27.7 Å². The molecule has 0 bridgehead atoms. The van der Waals surface area contributed by atoms with E-state index in [1.54, 1.807) is 4.90 Å². The van der Waals surface area contributed by atoms with Gasteiger partial charge in [0.1, 0.15) is 0 Å². The Morgan fingerprint density at radius 3 is 2.28 bits per heavy atom. The number of aliphatic hydroxyl groups is 1. The molecule has 1 saturated heterocycles. The number of nitrogens with zero attached hydrogens (tertiary/aromatic N) is 2. The van der Waals surface area contributed by atoms with Crippen molar-refractivity contribution in [1.29, 1.82) is 0 Å². The van der Waals surface area contributed by atoms with E-state index in [0.717, 1.165) is 49.9 Å². The van der Waals surface area contributed by atoms with Crippen molar-refractivity contribution in [1.82, 2.24) is 9.80 Å². The monoisotopic (exact) mass is 542 g/mol. The smallest absolute Gasteiger partial charge is 0.407 e. The Kier molecular flexibility index (Phi) is 7.08. The van der Waals surface area contributed by atoms with Crippen LogP contribution >= 0.6 is 0 Å². The molecule has 5 aliphatic carbocycles. The highest BCUT2D eigenvalue weighted by atomic mass is 16.4. The Bertz CT molecular complexity index is 967. The van der Waals surface area contributed by atoms with E-state index in [-0.39, 0.29) is 12.0 Å². The van der Waals surface area contributed by atoms with Gasteiger partial charge < -0.3 is 15.1 Å². The van der Waals surface area contributed by atoms with Crippen LogP contribution in [0.3, 0.4) is 0 Å². The Morgan fingerprint density at radius 1 is 0.872 bits per heavy atom. The molecule has 6 fully saturated rings. The Labute approximate surface area is 236 Å². The number of aliphatic hydroxyl groups excluding tert-OH is 1. The number of fused-ring (bicyclic) bond motifs is 5. The first kappa shape index (κ1) is 27.8. The van der Waals surface area contributed by atoms with Gasteiger partial charge in [0.25, 0.3) is 0 Å². The molecule has 2 N–H and O–H groups in total. The van der Waals surface area contributed by atoms with Gasteiger partial charge in [-0.25, -0.2) is 4.79 Å². The maximum Gasteiger partial charge on any atom is 0.407 e. The highest BCUT2D eigenvalue weighted by Gasteiger charge is 2.60. The van der Waals surface area contributed by atoms with Crippen molar-refractivity contribution < 1.29 is 19.8 Å². The highest BCUT2D eigenvalue weighted by molar-refractivity contribution is 5.77. The van der Waals surface area contributed by atoms with E-state index in [4.69, 9.17) is 0 Å². The van der Waals surface area contributed by atoms with Crippen molar-refractivity contribution in [3.05, 3.63) is 0 Å². The number of carbonyl (C=O) groups is 2. The number of rotatable bonds is 5. The van der Waals surface area contributed by atoms with Gasteiger partial charge in [0, 0.05) is 26.1 Å². The fourth-order valence-electron chi connectivity index (χ4n) is 11.5. The van der Waals surface area contributed by atoms with Crippen LogP contribution in [0.25, 0.3) is 0 Å². The number of carbonyl (C=O) groups excluding carboxylic acids is 1. The van der Waals surface area contributed by atoms with Gasteiger partial charge >= 0.3 is 6.09 Å². The zero-order valence-corrected chi connectivity index (χ0v) is 25.0. The van der Waals surface area contributed by atoms with Gasteiger partial charge in [0.15, 0.2) is 0 Å². The summed E-state index contributed by atoms with van der Waals surface area (Å²) < 4.78 is 0. The molecular weight excluding hydrogens is 488 g/mol. The molecule has 220 valence electrons. The molecule has 0 aromatic heterocycles. The molecule has 6 heteroatoms. The van der Waals surface area contributed by atoms with Crippen molar-refractivity contribution in [2.45, 2.75) is 123 Å². The standard InChI is InChI=1S/C33H54N2O4/c1-21(5-12-29(37)34-17-18-35(30(38)39)33(4,20-34)22-6-7-22)26-10-11-27-25-9-8-23-19-24(36)13-15-31(23,2)28(25)14-16-32(26,27)3/h21-28,36H,5-20H2,1-4H3,(H,38,39)/t21?,23-,24-,25-,26+,27-,28-,31-,32+,33?/m0/s1. The molecule has 6 rings (SSSR count). The van der Waals surface area contributed by atoms with Crippen LogP contribution in [0.2, 0.25) is 0 Å². The molecule has 0 aromatic carbocycles. The van der Waals surface area contributed by atoms with Crippen LogP contribution in [0.1, 0.15) is 111 Å². The predicted molar refractivity (Wildman–Crippen MR) is 152 cm³/mol. The Balaban J connectivity index is 1.07. The molecule has 39 heavy (non-hydrogen) atoms. The number of hydrogen-bond donors (Lipinski definition) is 2. The van der Waals surface area contributed by atoms with E-state index in [9.17, 15) is 19.8 Å².